The van der Waals surface area contributed by atoms with Crippen molar-refractivity contribution in [1.29, 1.82) is 0 Å². The SMILES string of the molecule is CSN(C(=O)C1CC(NC(C)=O)C1)c1nn(CC(F)(F)F)c2c(-c3ccc(C#CC(C)(C)[S+](C)[O-])nc3C(Cc3cc(F)cc(F)c3)NC(=O)Cn3nc(C(F)(F)F)c4c3C(F)(F)CC4)ccc(Cl)c12. The van der Waals surface area contributed by atoms with Gasteiger partial charge in [-0.25, -0.2) is 18.1 Å². The van der Waals surface area contributed by atoms with Crippen LogP contribution in [-0.4, -0.2) is 76.3 Å². The molecule has 0 saturated heterocycles. The fraction of sp³-hybridized carbons (Fsp3) is 0.422. The van der Waals surface area contributed by atoms with Crippen molar-refractivity contribution in [2.24, 2.45) is 5.92 Å². The molecule has 0 bridgehead atoms. The minimum Gasteiger partial charge on any atom is -0.615 e. The van der Waals surface area contributed by atoms with Gasteiger partial charge in [0, 0.05) is 54.3 Å². The van der Waals surface area contributed by atoms with Crippen molar-refractivity contribution in [2.45, 2.75) is 101 Å². The van der Waals surface area contributed by atoms with Gasteiger partial charge in [-0.2, -0.15) is 45.3 Å². The van der Waals surface area contributed by atoms with Gasteiger partial charge in [-0.3, -0.25) is 23.7 Å². The van der Waals surface area contributed by atoms with Crippen LogP contribution in [0.4, 0.5) is 49.7 Å². The predicted octanol–water partition coefficient (Wildman–Crippen LogP) is 8.98. The molecule has 0 radical (unpaired) electrons. The summed E-state index contributed by atoms with van der Waals surface area (Å²) in [6.45, 7) is 1.46. The number of amides is 3. The van der Waals surface area contributed by atoms with Crippen LogP contribution in [0.1, 0.15) is 80.0 Å². The minimum absolute atomic E-state index is 0.0896. The fourth-order valence-electron chi connectivity index (χ4n) is 8.35. The Labute approximate surface area is 405 Å². The number of aromatic nitrogens is 5. The Hall–Kier alpha value is -5.51. The van der Waals surface area contributed by atoms with E-state index in [0.29, 0.717) is 10.7 Å². The van der Waals surface area contributed by atoms with Gasteiger partial charge >= 0.3 is 12.4 Å². The molecule has 2 aliphatic carbocycles. The fourth-order valence-corrected chi connectivity index (χ4v) is 9.41. The molecule has 12 nitrogen and oxygen atoms in total. The second-order valence-electron chi connectivity index (χ2n) is 17.3. The maximum absolute atomic E-state index is 15.2. The molecule has 2 N–H and O–H groups in total. The second-order valence-corrected chi connectivity index (χ2v) is 20.3. The van der Waals surface area contributed by atoms with Crippen LogP contribution in [0, 0.1) is 29.4 Å². The molecule has 0 aliphatic heterocycles. The van der Waals surface area contributed by atoms with E-state index in [1.165, 1.54) is 43.7 Å². The van der Waals surface area contributed by atoms with E-state index in [-0.39, 0.29) is 79.3 Å². The van der Waals surface area contributed by atoms with Crippen molar-refractivity contribution in [1.82, 2.24) is 35.2 Å². The molecule has 374 valence electrons. The number of pyridine rings is 1. The molecule has 3 amide bonds. The molecule has 0 spiro atoms. The summed E-state index contributed by atoms with van der Waals surface area (Å²) in [7, 11) is 0. The van der Waals surface area contributed by atoms with Crippen LogP contribution < -0.4 is 14.9 Å². The van der Waals surface area contributed by atoms with Crippen molar-refractivity contribution in [3.05, 3.63) is 93.0 Å². The van der Waals surface area contributed by atoms with E-state index in [9.17, 15) is 54.1 Å². The van der Waals surface area contributed by atoms with Gasteiger partial charge in [0.2, 0.25) is 17.7 Å². The summed E-state index contributed by atoms with van der Waals surface area (Å²) in [6.07, 6.45) is -9.06. The average molecular weight is 1050 g/mol. The molecule has 25 heteroatoms. The Balaban J connectivity index is 1.43. The van der Waals surface area contributed by atoms with Gasteiger partial charge in [0.25, 0.3) is 5.92 Å². The number of alkyl halides is 8. The molecular weight excluding hydrogens is 1010 g/mol. The Morgan fingerprint density at radius 1 is 1.01 bits per heavy atom. The molecule has 2 aromatic carbocycles. The lowest BCUT2D eigenvalue weighted by atomic mass is 9.79. The lowest BCUT2D eigenvalue weighted by molar-refractivity contribution is -0.143. The summed E-state index contributed by atoms with van der Waals surface area (Å²) in [5.74, 6) is -3.42. The average Bonchev–Trinajstić information content (AvgIpc) is 3.89. The summed E-state index contributed by atoms with van der Waals surface area (Å²) >= 11 is 6.08. The highest BCUT2D eigenvalue weighted by molar-refractivity contribution is 8.00. The van der Waals surface area contributed by atoms with Gasteiger partial charge in [0.15, 0.2) is 16.3 Å². The van der Waals surface area contributed by atoms with Gasteiger partial charge in [0.05, 0.1) is 33.9 Å². The lowest BCUT2D eigenvalue weighted by Gasteiger charge is -2.36. The summed E-state index contributed by atoms with van der Waals surface area (Å²) < 4.78 is 159. The van der Waals surface area contributed by atoms with Crippen LogP contribution in [-0.2, 0) is 63.6 Å². The third-order valence-electron chi connectivity index (χ3n) is 11.7. The Morgan fingerprint density at radius 2 is 1.67 bits per heavy atom. The monoisotopic (exact) mass is 1050 g/mol. The van der Waals surface area contributed by atoms with E-state index in [1.807, 2.05) is 0 Å². The first-order valence-corrected chi connectivity index (χ1v) is 24.3. The van der Waals surface area contributed by atoms with E-state index in [2.05, 4.69) is 37.7 Å². The highest BCUT2D eigenvalue weighted by Gasteiger charge is 2.50. The third kappa shape index (κ3) is 11.2. The standard InChI is InChI=1S/C45H41ClF10N8O4S2/c1-22(65)57-28-17-24(18-28)41(67)64(69-4)40-35-32(46)9-8-30(37(35)63(61-40)21-44(51,52)53)29-7-6-27(10-12-42(2,3)70(5)68)58-36(29)33(16-23-14-25(47)19-26(48)15-23)59-34(66)20-62-39-31(11-13-43(39,49)50)38(60-62)45(54,55)56/h6-9,14-15,19,24,28,33H,11,13,16-18,20-21H2,1-5H3,(H,57,65)(H,59,66). The normalized spacial score (nSPS) is 17.6. The van der Waals surface area contributed by atoms with Crippen molar-refractivity contribution >= 4 is 69.2 Å². The van der Waals surface area contributed by atoms with Gasteiger partial charge in [-0.1, -0.05) is 17.7 Å². The zero-order valence-electron chi connectivity index (χ0n) is 37.5. The molecule has 2 aliphatic rings. The molecular formula is C45H41ClF10N8O4S2. The zero-order valence-corrected chi connectivity index (χ0v) is 39.9. The predicted molar refractivity (Wildman–Crippen MR) is 241 cm³/mol. The molecule has 1 fully saturated rings. The third-order valence-corrected chi connectivity index (χ3v) is 14.3. The van der Waals surface area contributed by atoms with Crippen molar-refractivity contribution < 1.29 is 62.8 Å². The molecule has 5 aromatic rings. The summed E-state index contributed by atoms with van der Waals surface area (Å²) in [4.78, 5) is 44.4. The number of fused-ring (bicyclic) bond motifs is 2. The number of hydrogen-bond donors (Lipinski definition) is 2. The molecule has 7 rings (SSSR count). The van der Waals surface area contributed by atoms with E-state index in [4.69, 9.17) is 11.6 Å². The van der Waals surface area contributed by atoms with Gasteiger partial charge in [0.1, 0.15) is 36.1 Å². The van der Waals surface area contributed by atoms with Crippen LogP contribution >= 0.6 is 23.5 Å². The number of hydrogen-bond acceptors (Lipinski definition) is 8. The van der Waals surface area contributed by atoms with E-state index in [0.717, 1.165) is 28.4 Å². The second kappa shape index (κ2) is 19.6. The van der Waals surface area contributed by atoms with Gasteiger partial charge in [-0.05, 0) is 110 Å². The number of benzene rings is 2. The molecule has 70 heavy (non-hydrogen) atoms. The highest BCUT2D eigenvalue weighted by Crippen LogP contribution is 2.47. The number of carbonyl (C=O) groups is 3. The zero-order chi connectivity index (χ0) is 51.4. The van der Waals surface area contributed by atoms with Crippen LogP contribution in [0.5, 0.6) is 0 Å². The van der Waals surface area contributed by atoms with Gasteiger partial charge < -0.3 is 15.2 Å². The Kier molecular flexibility index (Phi) is 14.6. The number of halogens is 11. The summed E-state index contributed by atoms with van der Waals surface area (Å²) in [5.41, 5.74) is -4.55. The van der Waals surface area contributed by atoms with E-state index >= 15 is 8.78 Å². The Morgan fingerprint density at radius 3 is 2.27 bits per heavy atom. The van der Waals surface area contributed by atoms with Crippen molar-refractivity contribution in [3.8, 4) is 23.0 Å². The topological polar surface area (TPSA) is 150 Å². The van der Waals surface area contributed by atoms with Crippen LogP contribution in [0.2, 0.25) is 5.02 Å². The first-order valence-electron chi connectivity index (χ1n) is 21.1. The summed E-state index contributed by atoms with van der Waals surface area (Å²) in [6, 6.07) is 5.63. The summed E-state index contributed by atoms with van der Waals surface area (Å²) in [5, 5.41) is 12.6. The quantitative estimate of drug-likeness (QED) is 0.0514. The van der Waals surface area contributed by atoms with Crippen LogP contribution in [0.25, 0.3) is 22.0 Å². The van der Waals surface area contributed by atoms with Crippen LogP contribution in [0.3, 0.4) is 0 Å². The van der Waals surface area contributed by atoms with E-state index in [1.54, 1.807) is 13.8 Å². The maximum atomic E-state index is 15.2. The number of anilines is 1. The minimum atomic E-state index is -5.17. The Bertz CT molecular complexity index is 2920. The lowest BCUT2D eigenvalue weighted by Crippen LogP contribution is -2.48. The maximum Gasteiger partial charge on any atom is 0.435 e. The number of rotatable bonds is 13. The first-order chi connectivity index (χ1) is 32.6. The van der Waals surface area contributed by atoms with E-state index < -0.39 is 119 Å². The van der Waals surface area contributed by atoms with Crippen molar-refractivity contribution in [3.63, 3.8) is 0 Å². The molecule has 3 heterocycles. The first kappa shape index (κ1) is 52.3. The highest BCUT2D eigenvalue weighted by atomic mass is 35.5. The smallest absolute Gasteiger partial charge is 0.435 e. The largest absolute Gasteiger partial charge is 0.615 e. The van der Waals surface area contributed by atoms with Gasteiger partial charge in [-0.15, -0.1) is 0 Å². The number of nitrogens with zero attached hydrogens (tertiary/aromatic N) is 6. The molecule has 2 atom stereocenters. The number of nitrogens with one attached hydrogen (secondary N) is 2. The van der Waals surface area contributed by atoms with Crippen molar-refractivity contribution in [2.75, 3.05) is 16.8 Å². The molecule has 2 unspecified atom stereocenters. The van der Waals surface area contributed by atoms with Crippen LogP contribution in [0.15, 0.2) is 42.5 Å². The number of carbonyl (C=O) groups excluding carboxylic acids is 3. The molecule has 3 aromatic heterocycles. The molecule has 1 saturated carbocycles.